The van der Waals surface area contributed by atoms with Gasteiger partial charge in [-0.05, 0) is 31.2 Å². The Kier molecular flexibility index (Phi) is 3.63. The van der Waals surface area contributed by atoms with Crippen molar-refractivity contribution in [1.29, 1.82) is 0 Å². The van der Waals surface area contributed by atoms with Crippen LogP contribution in [0.25, 0.3) is 22.5 Å². The minimum Gasteiger partial charge on any atom is -0.444 e. The molecule has 0 aliphatic carbocycles. The molecule has 2 aromatic carbocycles. The fourth-order valence-corrected chi connectivity index (χ4v) is 3.10. The number of aryl methyl sites for hydroxylation is 1. The van der Waals surface area contributed by atoms with Crippen LogP contribution in [-0.4, -0.2) is 15.0 Å². The second-order valence-corrected chi connectivity index (χ2v) is 6.32. The number of nitrogens with one attached hydrogen (secondary N) is 1. The number of H-pyrrole nitrogens is 1. The monoisotopic (exact) mass is 321 g/mol. The van der Waals surface area contributed by atoms with Crippen LogP contribution in [-0.2, 0) is 5.75 Å². The Bertz CT molecular complexity index is 907. The molecule has 2 aromatic heterocycles. The van der Waals surface area contributed by atoms with E-state index < -0.39 is 0 Å². The molecule has 5 heteroatoms. The number of thioether (sulfide) groups is 1. The second-order valence-electron chi connectivity index (χ2n) is 5.36. The Morgan fingerprint density at radius 3 is 2.70 bits per heavy atom. The summed E-state index contributed by atoms with van der Waals surface area (Å²) in [5.74, 6) is 1.38. The van der Waals surface area contributed by atoms with Crippen LogP contribution < -0.4 is 0 Å². The van der Waals surface area contributed by atoms with Crippen LogP contribution in [0.2, 0.25) is 0 Å². The second kappa shape index (κ2) is 5.93. The van der Waals surface area contributed by atoms with Gasteiger partial charge < -0.3 is 9.40 Å². The van der Waals surface area contributed by atoms with Crippen molar-refractivity contribution in [2.75, 3.05) is 0 Å². The lowest BCUT2D eigenvalue weighted by Gasteiger charge is -1.95. The van der Waals surface area contributed by atoms with Crippen molar-refractivity contribution in [3.8, 4) is 11.5 Å². The van der Waals surface area contributed by atoms with E-state index in [1.165, 1.54) is 5.56 Å². The number of aromatic nitrogens is 3. The molecular weight excluding hydrogens is 306 g/mol. The molecule has 0 saturated carbocycles. The van der Waals surface area contributed by atoms with Gasteiger partial charge >= 0.3 is 0 Å². The van der Waals surface area contributed by atoms with E-state index in [4.69, 9.17) is 4.42 Å². The predicted octanol–water partition coefficient (Wildman–Crippen LogP) is 4.82. The minimum absolute atomic E-state index is 0.658. The van der Waals surface area contributed by atoms with Crippen LogP contribution in [0.1, 0.15) is 11.3 Å². The highest BCUT2D eigenvalue weighted by molar-refractivity contribution is 7.98. The third-order valence-corrected chi connectivity index (χ3v) is 4.48. The van der Waals surface area contributed by atoms with Crippen LogP contribution >= 0.6 is 11.8 Å². The highest BCUT2D eigenvalue weighted by Crippen LogP contribution is 2.25. The maximum absolute atomic E-state index is 5.58. The maximum Gasteiger partial charge on any atom is 0.226 e. The van der Waals surface area contributed by atoms with Gasteiger partial charge in [-0.3, -0.25) is 0 Å². The minimum atomic E-state index is 0.658. The van der Waals surface area contributed by atoms with Crippen LogP contribution in [0.15, 0.2) is 64.4 Å². The summed E-state index contributed by atoms with van der Waals surface area (Å²) in [7, 11) is 0. The van der Waals surface area contributed by atoms with Crippen molar-refractivity contribution in [2.24, 2.45) is 0 Å². The van der Waals surface area contributed by atoms with Gasteiger partial charge in [0, 0.05) is 11.3 Å². The van der Waals surface area contributed by atoms with E-state index in [1.807, 2.05) is 36.4 Å². The highest BCUT2D eigenvalue weighted by Gasteiger charge is 2.08. The first-order valence-corrected chi connectivity index (χ1v) is 8.35. The Balaban J connectivity index is 1.48. The Labute approximate surface area is 138 Å². The summed E-state index contributed by atoms with van der Waals surface area (Å²) in [6, 6.07) is 16.2. The van der Waals surface area contributed by atoms with E-state index in [9.17, 15) is 0 Å². The summed E-state index contributed by atoms with van der Waals surface area (Å²) >= 11 is 1.62. The lowest BCUT2D eigenvalue weighted by molar-refractivity contribution is 0.573. The molecule has 2 heterocycles. The molecule has 0 aliphatic rings. The number of rotatable bonds is 4. The van der Waals surface area contributed by atoms with Gasteiger partial charge in [0.05, 0.1) is 16.7 Å². The number of imidazole rings is 1. The van der Waals surface area contributed by atoms with Gasteiger partial charge in [0.25, 0.3) is 0 Å². The zero-order valence-corrected chi connectivity index (χ0v) is 13.4. The highest BCUT2D eigenvalue weighted by atomic mass is 32.2. The number of benzene rings is 2. The molecule has 0 aliphatic heterocycles. The number of nitrogens with zero attached hydrogens (tertiary/aromatic N) is 2. The molecular formula is C18H15N3OS. The average Bonchev–Trinajstić information content (AvgIpc) is 3.20. The van der Waals surface area contributed by atoms with Gasteiger partial charge in [0.1, 0.15) is 6.26 Å². The van der Waals surface area contributed by atoms with Gasteiger partial charge in [-0.25, -0.2) is 9.97 Å². The van der Waals surface area contributed by atoms with Crippen molar-refractivity contribution >= 4 is 22.8 Å². The van der Waals surface area contributed by atoms with Crippen molar-refractivity contribution < 1.29 is 4.42 Å². The molecule has 0 fully saturated rings. The summed E-state index contributed by atoms with van der Waals surface area (Å²) in [5, 5.41) is 0.895. The van der Waals surface area contributed by atoms with Gasteiger partial charge in [-0.1, -0.05) is 41.6 Å². The molecule has 4 aromatic rings. The number of fused-ring (bicyclic) bond motifs is 1. The molecule has 114 valence electrons. The lowest BCUT2D eigenvalue weighted by Crippen LogP contribution is -1.83. The van der Waals surface area contributed by atoms with E-state index in [0.717, 1.165) is 33.2 Å². The van der Waals surface area contributed by atoms with Crippen LogP contribution in [0.4, 0.5) is 0 Å². The molecule has 1 N–H and O–H groups in total. The van der Waals surface area contributed by atoms with Crippen molar-refractivity contribution in [2.45, 2.75) is 17.8 Å². The average molecular weight is 321 g/mol. The quantitative estimate of drug-likeness (QED) is 0.548. The SMILES string of the molecule is Cc1ccc(-c2nc(CSc3nc4ccccc4[nH]3)co2)cc1. The van der Waals surface area contributed by atoms with Crippen LogP contribution in [0, 0.1) is 6.92 Å². The normalized spacial score (nSPS) is 11.2. The number of para-hydroxylation sites is 2. The number of hydrogen-bond acceptors (Lipinski definition) is 4. The Hall–Kier alpha value is -2.53. The molecule has 0 spiro atoms. The first kappa shape index (κ1) is 14.1. The standard InChI is InChI=1S/C18H15N3OS/c1-12-6-8-13(9-7-12)17-19-14(10-22-17)11-23-18-20-15-4-2-3-5-16(15)21-18/h2-10H,11H2,1H3,(H,20,21). The number of aromatic amines is 1. The molecule has 4 rings (SSSR count). The summed E-state index contributed by atoms with van der Waals surface area (Å²) in [5.41, 5.74) is 5.16. The molecule has 23 heavy (non-hydrogen) atoms. The van der Waals surface area contributed by atoms with Crippen molar-refractivity contribution in [3.63, 3.8) is 0 Å². The molecule has 0 radical (unpaired) electrons. The smallest absolute Gasteiger partial charge is 0.226 e. The molecule has 4 nitrogen and oxygen atoms in total. The molecule has 0 bridgehead atoms. The van der Waals surface area contributed by atoms with Gasteiger partial charge in [0.15, 0.2) is 5.16 Å². The van der Waals surface area contributed by atoms with Crippen LogP contribution in [0.3, 0.4) is 0 Å². The zero-order chi connectivity index (χ0) is 15.6. The fourth-order valence-electron chi connectivity index (χ4n) is 2.34. The summed E-state index contributed by atoms with van der Waals surface area (Å²) < 4.78 is 5.58. The number of hydrogen-bond donors (Lipinski definition) is 1. The Morgan fingerprint density at radius 1 is 1.04 bits per heavy atom. The first-order chi connectivity index (χ1) is 11.3. The zero-order valence-electron chi connectivity index (χ0n) is 12.6. The fraction of sp³-hybridized carbons (Fsp3) is 0.111. The van der Waals surface area contributed by atoms with E-state index in [-0.39, 0.29) is 0 Å². The maximum atomic E-state index is 5.58. The van der Waals surface area contributed by atoms with Crippen molar-refractivity contribution in [1.82, 2.24) is 15.0 Å². The third kappa shape index (κ3) is 3.00. The molecule has 0 saturated heterocycles. The van der Waals surface area contributed by atoms with E-state index >= 15 is 0 Å². The lowest BCUT2D eigenvalue weighted by atomic mass is 10.1. The third-order valence-electron chi connectivity index (χ3n) is 3.57. The van der Waals surface area contributed by atoms with E-state index in [0.29, 0.717) is 5.89 Å². The Morgan fingerprint density at radius 2 is 1.87 bits per heavy atom. The molecule has 0 unspecified atom stereocenters. The summed E-state index contributed by atoms with van der Waals surface area (Å²) in [4.78, 5) is 12.4. The predicted molar refractivity (Wildman–Crippen MR) is 92.3 cm³/mol. The number of oxazole rings is 1. The molecule has 0 amide bonds. The van der Waals surface area contributed by atoms with Gasteiger partial charge in [0.2, 0.25) is 5.89 Å². The van der Waals surface area contributed by atoms with Gasteiger partial charge in [-0.15, -0.1) is 0 Å². The topological polar surface area (TPSA) is 54.7 Å². The van der Waals surface area contributed by atoms with Crippen LogP contribution in [0.5, 0.6) is 0 Å². The first-order valence-electron chi connectivity index (χ1n) is 7.37. The summed E-state index contributed by atoms with van der Waals surface area (Å²) in [6.45, 7) is 2.06. The molecule has 0 atom stereocenters. The summed E-state index contributed by atoms with van der Waals surface area (Å²) in [6.07, 6.45) is 1.71. The van der Waals surface area contributed by atoms with E-state index in [1.54, 1.807) is 18.0 Å². The van der Waals surface area contributed by atoms with Gasteiger partial charge in [-0.2, -0.15) is 0 Å². The van der Waals surface area contributed by atoms with Crippen molar-refractivity contribution in [3.05, 3.63) is 66.1 Å². The largest absolute Gasteiger partial charge is 0.444 e. The van der Waals surface area contributed by atoms with E-state index in [2.05, 4.69) is 34.0 Å².